The number of aliphatic carboxylic acids is 1. The van der Waals surface area contributed by atoms with Crippen LogP contribution in [0.4, 0.5) is 0 Å². The zero-order valence-electron chi connectivity index (χ0n) is 12.3. The molecular weight excluding hydrogens is 332 g/mol. The van der Waals surface area contributed by atoms with Crippen molar-refractivity contribution in [2.24, 2.45) is 0 Å². The zero-order chi connectivity index (χ0) is 15.0. The summed E-state index contributed by atoms with van der Waals surface area (Å²) in [6, 6.07) is 6.60. The number of carboxylic acids is 1. The Bertz CT molecular complexity index is 541. The molecule has 4 nitrogen and oxygen atoms in total. The van der Waals surface area contributed by atoms with E-state index in [2.05, 4.69) is 43.9 Å². The molecule has 1 saturated heterocycles. The van der Waals surface area contributed by atoms with Crippen LogP contribution in [-0.2, 0) is 11.2 Å². The standard InChI is InChI=1S/C16H21BrN2O2/c1-11(16(20)21)18-7-9-19(10-8-18)15-6-5-12-13(15)3-2-4-14(12)17/h2-4,11,15H,5-10H2,1H3,(H,20,21). The Morgan fingerprint density at radius 3 is 2.71 bits per heavy atom. The van der Waals surface area contributed by atoms with E-state index in [1.165, 1.54) is 22.0 Å². The summed E-state index contributed by atoms with van der Waals surface area (Å²) in [6.07, 6.45) is 2.31. The largest absolute Gasteiger partial charge is 0.480 e. The fourth-order valence-electron chi connectivity index (χ4n) is 3.56. The van der Waals surface area contributed by atoms with Gasteiger partial charge in [-0.1, -0.05) is 28.1 Å². The lowest BCUT2D eigenvalue weighted by Crippen LogP contribution is -2.52. The van der Waals surface area contributed by atoms with Gasteiger partial charge in [-0.05, 0) is 37.0 Å². The maximum Gasteiger partial charge on any atom is 0.320 e. The molecule has 0 bridgehead atoms. The van der Waals surface area contributed by atoms with Crippen LogP contribution < -0.4 is 0 Å². The SMILES string of the molecule is CC(C(=O)O)N1CCN(C2CCc3c(Br)cccc32)CC1. The molecule has 1 heterocycles. The summed E-state index contributed by atoms with van der Waals surface area (Å²) in [5, 5.41) is 9.11. The molecule has 0 aromatic heterocycles. The van der Waals surface area contributed by atoms with Crippen LogP contribution in [0.5, 0.6) is 0 Å². The van der Waals surface area contributed by atoms with E-state index in [1.54, 1.807) is 6.92 Å². The molecule has 1 aromatic carbocycles. The molecule has 2 unspecified atom stereocenters. The maximum atomic E-state index is 11.1. The van der Waals surface area contributed by atoms with E-state index in [4.69, 9.17) is 5.11 Å². The van der Waals surface area contributed by atoms with Crippen molar-refractivity contribution in [3.63, 3.8) is 0 Å². The van der Waals surface area contributed by atoms with Gasteiger partial charge < -0.3 is 5.11 Å². The minimum atomic E-state index is -0.724. The van der Waals surface area contributed by atoms with Crippen molar-refractivity contribution in [1.29, 1.82) is 0 Å². The summed E-state index contributed by atoms with van der Waals surface area (Å²) < 4.78 is 1.22. The second kappa shape index (κ2) is 6.07. The summed E-state index contributed by atoms with van der Waals surface area (Å²) in [5.74, 6) is -0.724. The van der Waals surface area contributed by atoms with Gasteiger partial charge in [-0.25, -0.2) is 0 Å². The number of carboxylic acid groups (broad SMARTS) is 1. The molecule has 1 fully saturated rings. The van der Waals surface area contributed by atoms with E-state index in [0.29, 0.717) is 6.04 Å². The molecule has 1 aliphatic carbocycles. The Balaban J connectivity index is 1.67. The Kier molecular flexibility index (Phi) is 4.33. The third kappa shape index (κ3) is 2.87. The predicted octanol–water partition coefficient (Wildman–Crippen LogP) is 2.53. The highest BCUT2D eigenvalue weighted by Gasteiger charge is 2.32. The molecule has 1 aliphatic heterocycles. The average molecular weight is 353 g/mol. The first-order valence-corrected chi connectivity index (χ1v) is 8.35. The van der Waals surface area contributed by atoms with Crippen LogP contribution in [0.3, 0.4) is 0 Å². The molecule has 2 atom stereocenters. The highest BCUT2D eigenvalue weighted by molar-refractivity contribution is 9.10. The van der Waals surface area contributed by atoms with Crippen molar-refractivity contribution < 1.29 is 9.90 Å². The highest BCUT2D eigenvalue weighted by Crippen LogP contribution is 2.39. The lowest BCUT2D eigenvalue weighted by atomic mass is 10.1. The van der Waals surface area contributed by atoms with E-state index >= 15 is 0 Å². The molecule has 5 heteroatoms. The monoisotopic (exact) mass is 352 g/mol. The van der Waals surface area contributed by atoms with Crippen LogP contribution in [0, 0.1) is 0 Å². The second-order valence-corrected chi connectivity index (χ2v) is 6.80. The predicted molar refractivity (Wildman–Crippen MR) is 85.4 cm³/mol. The summed E-state index contributed by atoms with van der Waals surface area (Å²) in [5.41, 5.74) is 2.90. The number of nitrogens with zero attached hydrogens (tertiary/aromatic N) is 2. The Hall–Kier alpha value is -0.910. The van der Waals surface area contributed by atoms with Gasteiger partial charge in [0, 0.05) is 36.7 Å². The third-order valence-electron chi connectivity index (χ3n) is 4.88. The number of rotatable bonds is 3. The van der Waals surface area contributed by atoms with Crippen molar-refractivity contribution in [3.8, 4) is 0 Å². The van der Waals surface area contributed by atoms with E-state index in [9.17, 15) is 4.79 Å². The first-order valence-electron chi connectivity index (χ1n) is 7.56. The minimum absolute atomic E-state index is 0.378. The van der Waals surface area contributed by atoms with Gasteiger partial charge in [-0.15, -0.1) is 0 Å². The maximum absolute atomic E-state index is 11.1. The number of carbonyl (C=O) groups is 1. The molecule has 0 radical (unpaired) electrons. The van der Waals surface area contributed by atoms with Gasteiger partial charge in [0.2, 0.25) is 0 Å². The van der Waals surface area contributed by atoms with E-state index < -0.39 is 5.97 Å². The second-order valence-electron chi connectivity index (χ2n) is 5.95. The molecule has 0 spiro atoms. The first-order chi connectivity index (χ1) is 10.1. The first kappa shape index (κ1) is 15.0. The Morgan fingerprint density at radius 2 is 2.05 bits per heavy atom. The molecule has 0 saturated carbocycles. The average Bonchev–Trinajstić information content (AvgIpc) is 2.92. The highest BCUT2D eigenvalue weighted by atomic mass is 79.9. The van der Waals surface area contributed by atoms with Crippen molar-refractivity contribution in [1.82, 2.24) is 9.80 Å². The fraction of sp³-hybridized carbons (Fsp3) is 0.562. The lowest BCUT2D eigenvalue weighted by molar-refractivity contribution is -0.143. The summed E-state index contributed by atoms with van der Waals surface area (Å²) in [6.45, 7) is 5.36. The smallest absolute Gasteiger partial charge is 0.320 e. The van der Waals surface area contributed by atoms with E-state index in [-0.39, 0.29) is 6.04 Å². The van der Waals surface area contributed by atoms with Gasteiger partial charge in [0.15, 0.2) is 0 Å². The number of hydrogen-bond donors (Lipinski definition) is 1. The normalized spacial score (nSPS) is 24.8. The fourth-order valence-corrected chi connectivity index (χ4v) is 4.14. The number of fused-ring (bicyclic) bond motifs is 1. The van der Waals surface area contributed by atoms with Crippen molar-refractivity contribution in [3.05, 3.63) is 33.8 Å². The molecule has 3 rings (SSSR count). The molecule has 21 heavy (non-hydrogen) atoms. The number of hydrogen-bond acceptors (Lipinski definition) is 3. The van der Waals surface area contributed by atoms with Crippen LogP contribution in [0.1, 0.15) is 30.5 Å². The third-order valence-corrected chi connectivity index (χ3v) is 5.62. The van der Waals surface area contributed by atoms with Gasteiger partial charge in [-0.2, -0.15) is 0 Å². The van der Waals surface area contributed by atoms with Crippen molar-refractivity contribution in [2.45, 2.75) is 31.8 Å². The molecule has 2 aliphatic rings. The Labute approximate surface area is 133 Å². The Morgan fingerprint density at radius 1 is 1.33 bits per heavy atom. The summed E-state index contributed by atoms with van der Waals surface area (Å²) in [7, 11) is 0. The molecule has 1 N–H and O–H groups in total. The van der Waals surface area contributed by atoms with Crippen LogP contribution >= 0.6 is 15.9 Å². The van der Waals surface area contributed by atoms with Crippen LogP contribution in [-0.4, -0.2) is 53.1 Å². The molecular formula is C16H21BrN2O2. The van der Waals surface area contributed by atoms with Crippen LogP contribution in [0.15, 0.2) is 22.7 Å². The number of piperazine rings is 1. The molecule has 1 aromatic rings. The van der Waals surface area contributed by atoms with Crippen molar-refractivity contribution in [2.75, 3.05) is 26.2 Å². The van der Waals surface area contributed by atoms with Gasteiger partial charge in [0.05, 0.1) is 0 Å². The van der Waals surface area contributed by atoms with Gasteiger partial charge in [-0.3, -0.25) is 14.6 Å². The van der Waals surface area contributed by atoms with Crippen molar-refractivity contribution >= 4 is 21.9 Å². The van der Waals surface area contributed by atoms with Crippen LogP contribution in [0.25, 0.3) is 0 Å². The zero-order valence-corrected chi connectivity index (χ0v) is 13.8. The van der Waals surface area contributed by atoms with Gasteiger partial charge in [0.25, 0.3) is 0 Å². The molecule has 114 valence electrons. The number of benzene rings is 1. The van der Waals surface area contributed by atoms with E-state index in [1.807, 2.05) is 0 Å². The molecule has 0 amide bonds. The topological polar surface area (TPSA) is 43.8 Å². The van der Waals surface area contributed by atoms with Gasteiger partial charge in [0.1, 0.15) is 6.04 Å². The van der Waals surface area contributed by atoms with Gasteiger partial charge >= 0.3 is 5.97 Å². The van der Waals surface area contributed by atoms with E-state index in [0.717, 1.165) is 32.6 Å². The number of halogens is 1. The quantitative estimate of drug-likeness (QED) is 0.907. The van der Waals surface area contributed by atoms with Crippen LogP contribution in [0.2, 0.25) is 0 Å². The minimum Gasteiger partial charge on any atom is -0.480 e. The lowest BCUT2D eigenvalue weighted by Gasteiger charge is -2.39. The summed E-state index contributed by atoms with van der Waals surface area (Å²) in [4.78, 5) is 15.7. The summed E-state index contributed by atoms with van der Waals surface area (Å²) >= 11 is 3.65.